The quantitative estimate of drug-likeness (QED) is 0.103. The van der Waals surface area contributed by atoms with Crippen LogP contribution >= 0.6 is 0 Å². The fourth-order valence-electron chi connectivity index (χ4n) is 9.07. The Morgan fingerprint density at radius 2 is 0.921 bits per heavy atom. The van der Waals surface area contributed by atoms with Crippen molar-refractivity contribution in [1.29, 1.82) is 0 Å². The lowest BCUT2D eigenvalue weighted by molar-refractivity contribution is 1.18. The van der Waals surface area contributed by atoms with Crippen molar-refractivity contribution in [3.8, 4) is 33.6 Å². The van der Waals surface area contributed by atoms with Crippen LogP contribution in [-0.4, -0.2) is 21.7 Å². The number of fused-ring (bicyclic) bond motifs is 6. The van der Waals surface area contributed by atoms with Crippen molar-refractivity contribution in [1.82, 2.24) is 9.13 Å². The second kappa shape index (κ2) is 16.3. The zero-order valence-electron chi connectivity index (χ0n) is 34.6. The van der Waals surface area contributed by atoms with Gasteiger partial charge in [-0.15, -0.1) is 0 Å². The first kappa shape index (κ1) is 37.6. The van der Waals surface area contributed by atoms with Crippen molar-refractivity contribution in [2.24, 2.45) is 9.98 Å². The van der Waals surface area contributed by atoms with Crippen molar-refractivity contribution in [3.63, 3.8) is 0 Å². The highest BCUT2D eigenvalue weighted by molar-refractivity contribution is 6.12. The van der Waals surface area contributed by atoms with Crippen LogP contribution in [0.3, 0.4) is 0 Å². The minimum Gasteiger partial charge on any atom is -0.309 e. The van der Waals surface area contributed by atoms with Gasteiger partial charge >= 0.3 is 0 Å². The summed E-state index contributed by atoms with van der Waals surface area (Å²) in [7, 11) is 0. The van der Waals surface area contributed by atoms with Crippen LogP contribution in [0.5, 0.6) is 0 Å². The summed E-state index contributed by atoms with van der Waals surface area (Å²) >= 11 is 0. The Hall–Kier alpha value is -8.34. The Bertz CT molecular complexity index is 3540. The van der Waals surface area contributed by atoms with E-state index < -0.39 is 0 Å². The molecule has 0 aliphatic rings. The molecule has 298 valence electrons. The number of amidine groups is 1. The molecule has 0 radical (unpaired) electrons. The maximum absolute atomic E-state index is 5.14. The van der Waals surface area contributed by atoms with Crippen LogP contribution in [0, 0.1) is 0 Å². The molecule has 11 rings (SSSR count). The standard InChI is InChI=1S/C59H42N4/c1-60-59(42-19-7-3-8-20-42)61-54(35-31-41-17-5-2-6-18-41)47-23-15-21-43(37-47)46-32-34-52-50-27-11-13-29-55(50)63(58(52)40-46)49-26-16-22-44(38-49)45-33-36-57-53(39-45)51-28-12-14-30-56(51)62(57)48-24-9-4-10-25-48/h2-30,32-40H,1,31H2/b54-35-,61-59?. The summed E-state index contributed by atoms with van der Waals surface area (Å²) in [5, 5.41) is 4.91. The van der Waals surface area contributed by atoms with Crippen molar-refractivity contribution >= 4 is 61.9 Å². The molecule has 0 unspecified atom stereocenters. The largest absolute Gasteiger partial charge is 0.309 e. The van der Waals surface area contributed by atoms with E-state index in [1.165, 1.54) is 54.8 Å². The smallest absolute Gasteiger partial charge is 0.159 e. The topological polar surface area (TPSA) is 34.6 Å². The molecule has 9 aromatic carbocycles. The molecule has 0 saturated heterocycles. The second-order valence-electron chi connectivity index (χ2n) is 15.9. The van der Waals surface area contributed by atoms with Gasteiger partial charge in [-0.2, -0.15) is 0 Å². The molecule has 0 amide bonds. The van der Waals surface area contributed by atoms with Gasteiger partial charge in [-0.1, -0.05) is 170 Å². The molecule has 0 aliphatic carbocycles. The third-order valence-corrected chi connectivity index (χ3v) is 12.1. The van der Waals surface area contributed by atoms with Crippen LogP contribution in [0.1, 0.15) is 16.7 Å². The van der Waals surface area contributed by atoms with Gasteiger partial charge in [-0.05, 0) is 102 Å². The average molecular weight is 807 g/mol. The van der Waals surface area contributed by atoms with Gasteiger partial charge < -0.3 is 9.13 Å². The molecule has 11 aromatic rings. The Morgan fingerprint density at radius 1 is 0.397 bits per heavy atom. The van der Waals surface area contributed by atoms with Gasteiger partial charge in [-0.3, -0.25) is 0 Å². The van der Waals surface area contributed by atoms with E-state index in [1.54, 1.807) is 0 Å². The molecular weight excluding hydrogens is 765 g/mol. The van der Waals surface area contributed by atoms with Crippen molar-refractivity contribution < 1.29 is 0 Å². The average Bonchev–Trinajstić information content (AvgIpc) is 3.87. The maximum Gasteiger partial charge on any atom is 0.159 e. The van der Waals surface area contributed by atoms with Gasteiger partial charge in [-0.25, -0.2) is 9.98 Å². The number of para-hydroxylation sites is 3. The summed E-state index contributed by atoms with van der Waals surface area (Å²) in [4.78, 5) is 9.51. The lowest BCUT2D eigenvalue weighted by Gasteiger charge is -2.12. The number of nitrogens with zero attached hydrogens (tertiary/aromatic N) is 4. The van der Waals surface area contributed by atoms with E-state index in [1.807, 2.05) is 36.4 Å². The monoisotopic (exact) mass is 806 g/mol. The van der Waals surface area contributed by atoms with E-state index in [2.05, 4.69) is 215 Å². The summed E-state index contributed by atoms with van der Waals surface area (Å²) in [6.07, 6.45) is 2.93. The van der Waals surface area contributed by atoms with Crippen molar-refractivity contribution in [2.45, 2.75) is 6.42 Å². The zero-order valence-corrected chi connectivity index (χ0v) is 34.6. The van der Waals surface area contributed by atoms with Crippen LogP contribution < -0.4 is 0 Å². The first-order chi connectivity index (χ1) is 31.2. The fraction of sp³-hybridized carbons (Fsp3) is 0.0169. The highest BCUT2D eigenvalue weighted by Gasteiger charge is 2.17. The summed E-state index contributed by atoms with van der Waals surface area (Å²) < 4.78 is 4.78. The Kier molecular flexibility index (Phi) is 9.72. The SMILES string of the molecule is C=NC(=N/C(=C\Cc1ccccc1)c1cccc(-c2ccc3c4ccccc4n(-c4cccc(-c5ccc6c(c5)c5ccccc5n6-c5ccccc5)c4)c3c2)c1)c1ccccc1. The number of benzene rings is 9. The molecule has 0 bridgehead atoms. The molecule has 4 heteroatoms. The van der Waals surface area contributed by atoms with Crippen LogP contribution in [-0.2, 0) is 6.42 Å². The summed E-state index contributed by atoms with van der Waals surface area (Å²) in [6.45, 7) is 3.89. The summed E-state index contributed by atoms with van der Waals surface area (Å²) in [5.41, 5.74) is 15.6. The summed E-state index contributed by atoms with van der Waals surface area (Å²) in [6, 6.07) is 80.0. The van der Waals surface area contributed by atoms with Crippen LogP contribution in [0.2, 0.25) is 0 Å². The third kappa shape index (κ3) is 7.04. The first-order valence-corrected chi connectivity index (χ1v) is 21.4. The minimum atomic E-state index is 0.590. The van der Waals surface area contributed by atoms with Gasteiger partial charge in [0.1, 0.15) is 0 Å². The van der Waals surface area contributed by atoms with Crippen molar-refractivity contribution in [3.05, 3.63) is 247 Å². The van der Waals surface area contributed by atoms with Gasteiger partial charge in [0.25, 0.3) is 0 Å². The predicted molar refractivity (Wildman–Crippen MR) is 267 cm³/mol. The molecule has 0 saturated carbocycles. The maximum atomic E-state index is 5.14. The lowest BCUT2D eigenvalue weighted by atomic mass is 9.99. The van der Waals surface area contributed by atoms with E-state index in [4.69, 9.17) is 4.99 Å². The Morgan fingerprint density at radius 3 is 1.67 bits per heavy atom. The number of hydrogen-bond donors (Lipinski definition) is 0. The lowest BCUT2D eigenvalue weighted by Crippen LogP contribution is -1.98. The first-order valence-electron chi connectivity index (χ1n) is 21.4. The number of aromatic nitrogens is 2. The molecule has 0 atom stereocenters. The van der Waals surface area contributed by atoms with Crippen LogP contribution in [0.25, 0.3) is 82.9 Å². The number of aliphatic imine (C=N–C) groups is 2. The minimum absolute atomic E-state index is 0.590. The fourth-order valence-corrected chi connectivity index (χ4v) is 9.07. The van der Waals surface area contributed by atoms with E-state index >= 15 is 0 Å². The Labute approximate surface area is 366 Å². The van der Waals surface area contributed by atoms with Crippen molar-refractivity contribution in [2.75, 3.05) is 0 Å². The summed E-state index contributed by atoms with van der Waals surface area (Å²) in [5.74, 6) is 0.590. The highest BCUT2D eigenvalue weighted by atomic mass is 15.0. The van der Waals surface area contributed by atoms with Crippen LogP contribution in [0.15, 0.2) is 241 Å². The van der Waals surface area contributed by atoms with Gasteiger partial charge in [0.15, 0.2) is 5.84 Å². The van der Waals surface area contributed by atoms with E-state index in [-0.39, 0.29) is 0 Å². The normalized spacial score (nSPS) is 12.1. The molecule has 0 aliphatic heterocycles. The van der Waals surface area contributed by atoms with Crippen LogP contribution in [0.4, 0.5) is 0 Å². The molecule has 2 heterocycles. The molecule has 0 N–H and O–H groups in total. The number of allylic oxidation sites excluding steroid dienone is 1. The Balaban J connectivity index is 1.01. The molecule has 0 spiro atoms. The zero-order chi connectivity index (χ0) is 42.1. The van der Waals surface area contributed by atoms with E-state index in [0.29, 0.717) is 5.84 Å². The predicted octanol–water partition coefficient (Wildman–Crippen LogP) is 14.9. The second-order valence-corrected chi connectivity index (χ2v) is 15.9. The molecule has 4 nitrogen and oxygen atoms in total. The van der Waals surface area contributed by atoms with E-state index in [9.17, 15) is 0 Å². The number of rotatable bonds is 9. The van der Waals surface area contributed by atoms with Gasteiger partial charge in [0.2, 0.25) is 0 Å². The van der Waals surface area contributed by atoms with E-state index in [0.717, 1.165) is 51.3 Å². The highest BCUT2D eigenvalue weighted by Crippen LogP contribution is 2.38. The number of hydrogen-bond acceptors (Lipinski definition) is 1. The molecule has 63 heavy (non-hydrogen) atoms. The third-order valence-electron chi connectivity index (χ3n) is 12.1. The molecule has 0 fully saturated rings. The van der Waals surface area contributed by atoms with Gasteiger partial charge in [0, 0.05) is 44.0 Å². The molecular formula is C59H42N4. The van der Waals surface area contributed by atoms with Gasteiger partial charge in [0.05, 0.1) is 27.8 Å². The molecule has 2 aromatic heterocycles.